The molecule has 1 aromatic heterocycles. The van der Waals surface area contributed by atoms with E-state index in [1.165, 1.54) is 11.1 Å². The fourth-order valence-corrected chi connectivity index (χ4v) is 5.83. The molecular formula is C31H33N3O3S. The number of amides is 1. The number of hydrogen-bond acceptors (Lipinski definition) is 6. The van der Waals surface area contributed by atoms with Crippen molar-refractivity contribution in [3.05, 3.63) is 106 Å². The zero-order valence-electron chi connectivity index (χ0n) is 21.7. The van der Waals surface area contributed by atoms with E-state index in [-0.39, 0.29) is 6.54 Å². The molecule has 196 valence electrons. The molecular weight excluding hydrogens is 494 g/mol. The predicted octanol–water partition coefficient (Wildman–Crippen LogP) is 5.16. The number of aliphatic imine (C=N–C) groups is 1. The third kappa shape index (κ3) is 5.65. The van der Waals surface area contributed by atoms with Gasteiger partial charge in [-0.3, -0.25) is 9.79 Å². The number of allylic oxidation sites excluding steroid dienone is 2. The maximum Gasteiger partial charge on any atom is 0.252 e. The molecule has 3 N–H and O–H groups in total. The normalized spacial score (nSPS) is 16.5. The highest BCUT2D eigenvalue weighted by Crippen LogP contribution is 2.39. The van der Waals surface area contributed by atoms with Crippen LogP contribution >= 0.6 is 11.3 Å². The molecule has 2 atom stereocenters. The Kier molecular flexibility index (Phi) is 7.88. The number of hydrogen-bond donors (Lipinski definition) is 3. The summed E-state index contributed by atoms with van der Waals surface area (Å²) in [6.07, 6.45) is 2.70. The third-order valence-electron chi connectivity index (χ3n) is 7.05. The van der Waals surface area contributed by atoms with Crippen molar-refractivity contribution < 1.29 is 15.0 Å². The van der Waals surface area contributed by atoms with E-state index in [9.17, 15) is 15.0 Å². The van der Waals surface area contributed by atoms with Gasteiger partial charge in [0.25, 0.3) is 5.91 Å². The highest BCUT2D eigenvalue weighted by Gasteiger charge is 2.36. The number of rotatable bonds is 9. The number of aliphatic hydroxyl groups is 2. The molecule has 1 amide bonds. The van der Waals surface area contributed by atoms with Crippen molar-refractivity contribution in [2.75, 3.05) is 0 Å². The Hall–Kier alpha value is -3.52. The Labute approximate surface area is 227 Å². The summed E-state index contributed by atoms with van der Waals surface area (Å²) >= 11 is 1.67. The lowest BCUT2D eigenvalue weighted by Crippen LogP contribution is -2.45. The maximum absolute atomic E-state index is 12.8. The van der Waals surface area contributed by atoms with Crippen LogP contribution in [0.1, 0.15) is 48.9 Å². The van der Waals surface area contributed by atoms with E-state index in [2.05, 4.69) is 38.8 Å². The minimum Gasteiger partial charge on any atom is -0.384 e. The first-order valence-corrected chi connectivity index (χ1v) is 13.8. The minimum atomic E-state index is -1.53. The van der Waals surface area contributed by atoms with E-state index in [0.29, 0.717) is 18.8 Å². The topological polar surface area (TPSA) is 85.2 Å². The van der Waals surface area contributed by atoms with Gasteiger partial charge in [0.1, 0.15) is 6.10 Å². The second-order valence-corrected chi connectivity index (χ2v) is 10.7. The van der Waals surface area contributed by atoms with Gasteiger partial charge in [0.05, 0.1) is 0 Å². The first-order valence-electron chi connectivity index (χ1n) is 13.0. The summed E-state index contributed by atoms with van der Waals surface area (Å²) in [7, 11) is 0. The molecule has 5 rings (SSSR count). The molecule has 0 spiro atoms. The molecule has 6 nitrogen and oxygen atoms in total. The van der Waals surface area contributed by atoms with Crippen molar-refractivity contribution in [3.63, 3.8) is 0 Å². The Morgan fingerprint density at radius 2 is 1.74 bits per heavy atom. The Balaban J connectivity index is 1.21. The first-order chi connectivity index (χ1) is 18.5. The molecule has 1 aliphatic carbocycles. The number of fused-ring (bicyclic) bond motifs is 1. The van der Waals surface area contributed by atoms with Crippen LogP contribution in [0, 0.1) is 0 Å². The van der Waals surface area contributed by atoms with Crippen LogP contribution in [0.5, 0.6) is 0 Å². The SMILES string of the molecule is C/C=C\N=C(C)c1ccsc1-c1ccc(CNC(=O)C(O)C(O)C(=C2CC2)N2Cc3ccccc3C2)cc1. The lowest BCUT2D eigenvalue weighted by atomic mass is 10.0. The third-order valence-corrected chi connectivity index (χ3v) is 8.01. The Morgan fingerprint density at radius 3 is 2.37 bits per heavy atom. The Bertz CT molecular complexity index is 1370. The first kappa shape index (κ1) is 26.1. The highest BCUT2D eigenvalue weighted by atomic mass is 32.1. The average molecular weight is 528 g/mol. The second-order valence-electron chi connectivity index (χ2n) is 9.78. The predicted molar refractivity (Wildman–Crippen MR) is 153 cm³/mol. The van der Waals surface area contributed by atoms with Gasteiger partial charge in [0.2, 0.25) is 0 Å². The summed E-state index contributed by atoms with van der Waals surface area (Å²) in [4.78, 5) is 20.5. The number of aliphatic hydroxyl groups excluding tert-OH is 2. The molecule has 2 heterocycles. The van der Waals surface area contributed by atoms with Crippen LogP contribution in [0.15, 0.2) is 88.5 Å². The number of benzene rings is 2. The van der Waals surface area contributed by atoms with Crippen molar-refractivity contribution in [1.82, 2.24) is 10.2 Å². The Morgan fingerprint density at radius 1 is 1.05 bits per heavy atom. The number of carbonyl (C=O) groups excluding carboxylic acids is 1. The molecule has 2 aromatic carbocycles. The molecule has 1 saturated carbocycles. The minimum absolute atomic E-state index is 0.267. The van der Waals surface area contributed by atoms with Gasteiger partial charge in [-0.25, -0.2) is 0 Å². The van der Waals surface area contributed by atoms with E-state index in [1.807, 2.05) is 56.3 Å². The maximum atomic E-state index is 12.8. The summed E-state index contributed by atoms with van der Waals surface area (Å²) in [5, 5.41) is 26.7. The van der Waals surface area contributed by atoms with Gasteiger partial charge in [0.15, 0.2) is 6.10 Å². The van der Waals surface area contributed by atoms with Crippen molar-refractivity contribution >= 4 is 23.0 Å². The van der Waals surface area contributed by atoms with Crippen molar-refractivity contribution in [3.8, 4) is 10.4 Å². The van der Waals surface area contributed by atoms with Crippen molar-refractivity contribution in [1.29, 1.82) is 0 Å². The van der Waals surface area contributed by atoms with Crippen molar-refractivity contribution in [2.24, 2.45) is 4.99 Å². The van der Waals surface area contributed by atoms with Gasteiger partial charge < -0.3 is 20.4 Å². The van der Waals surface area contributed by atoms with E-state index in [4.69, 9.17) is 0 Å². The van der Waals surface area contributed by atoms with Crippen molar-refractivity contribution in [2.45, 2.75) is 58.5 Å². The molecule has 3 aromatic rings. The molecule has 0 saturated heterocycles. The van der Waals surface area contributed by atoms with Crippen LogP contribution in [-0.4, -0.2) is 38.9 Å². The zero-order chi connectivity index (χ0) is 26.6. The lowest BCUT2D eigenvalue weighted by molar-refractivity contribution is -0.134. The van der Waals surface area contributed by atoms with Gasteiger partial charge in [-0.05, 0) is 66.0 Å². The van der Waals surface area contributed by atoms with E-state index >= 15 is 0 Å². The summed E-state index contributed by atoms with van der Waals surface area (Å²) in [5.41, 5.74) is 8.32. The average Bonchev–Trinajstić information content (AvgIpc) is 3.47. The molecule has 1 aliphatic heterocycles. The molecule has 2 aliphatic rings. The lowest BCUT2D eigenvalue weighted by Gasteiger charge is -2.28. The van der Waals surface area contributed by atoms with Crippen LogP contribution in [0.4, 0.5) is 0 Å². The smallest absolute Gasteiger partial charge is 0.252 e. The molecule has 2 unspecified atom stereocenters. The fourth-order valence-electron chi connectivity index (χ4n) is 4.88. The zero-order valence-corrected chi connectivity index (χ0v) is 22.5. The summed E-state index contributed by atoms with van der Waals surface area (Å²) in [5.74, 6) is -0.576. The summed E-state index contributed by atoms with van der Waals surface area (Å²) in [6.45, 7) is 5.57. The fraction of sp³-hybridized carbons (Fsp3) is 0.290. The number of thiophene rings is 1. The van der Waals surface area contributed by atoms with Crippen LogP contribution in [0.2, 0.25) is 0 Å². The number of nitrogens with zero attached hydrogens (tertiary/aromatic N) is 2. The van der Waals surface area contributed by atoms with Gasteiger partial charge in [0, 0.05) is 47.7 Å². The van der Waals surface area contributed by atoms with Gasteiger partial charge >= 0.3 is 0 Å². The molecule has 38 heavy (non-hydrogen) atoms. The summed E-state index contributed by atoms with van der Waals surface area (Å²) in [6, 6.07) is 18.3. The molecule has 7 heteroatoms. The van der Waals surface area contributed by atoms with E-state index < -0.39 is 18.1 Å². The van der Waals surface area contributed by atoms with Gasteiger partial charge in [-0.15, -0.1) is 11.3 Å². The highest BCUT2D eigenvalue weighted by molar-refractivity contribution is 7.14. The number of nitrogens with one attached hydrogen (secondary N) is 1. The quantitative estimate of drug-likeness (QED) is 0.336. The van der Waals surface area contributed by atoms with Crippen LogP contribution < -0.4 is 5.32 Å². The molecule has 0 bridgehead atoms. The second kappa shape index (κ2) is 11.5. The van der Waals surface area contributed by atoms with E-state index in [0.717, 1.165) is 45.7 Å². The molecule has 1 fully saturated rings. The van der Waals surface area contributed by atoms with Gasteiger partial charge in [-0.2, -0.15) is 0 Å². The van der Waals surface area contributed by atoms with Crippen LogP contribution in [-0.2, 0) is 24.4 Å². The largest absolute Gasteiger partial charge is 0.384 e. The number of carbonyl (C=O) groups is 1. The standard InChI is InChI=1S/C31H33N3O3S/c1-3-15-32-20(2)26-14-16-38-30(26)23-10-8-21(9-11-23)17-33-31(37)29(36)28(35)27(22-12-13-22)34-18-24-6-4-5-7-25(24)19-34/h3-11,14-16,28-29,35-36H,12-13,17-19H2,1-2H3,(H,33,37)/b15-3-,32-20?. The van der Waals surface area contributed by atoms with E-state index in [1.54, 1.807) is 17.5 Å². The molecule has 0 radical (unpaired) electrons. The summed E-state index contributed by atoms with van der Waals surface area (Å²) < 4.78 is 0. The van der Waals surface area contributed by atoms with Crippen LogP contribution in [0.25, 0.3) is 10.4 Å². The van der Waals surface area contributed by atoms with Crippen LogP contribution in [0.3, 0.4) is 0 Å². The van der Waals surface area contributed by atoms with Gasteiger partial charge in [-0.1, -0.05) is 54.6 Å². The monoisotopic (exact) mass is 527 g/mol.